The summed E-state index contributed by atoms with van der Waals surface area (Å²) in [7, 11) is 1.55. The van der Waals surface area contributed by atoms with Gasteiger partial charge in [0, 0.05) is 5.56 Å². The van der Waals surface area contributed by atoms with Gasteiger partial charge in [0.1, 0.15) is 11.5 Å². The molecular formula is C24H23NO5. The van der Waals surface area contributed by atoms with Crippen molar-refractivity contribution in [3.63, 3.8) is 0 Å². The second-order valence-corrected chi connectivity index (χ2v) is 7.65. The van der Waals surface area contributed by atoms with Crippen molar-refractivity contribution in [2.45, 2.75) is 19.8 Å². The van der Waals surface area contributed by atoms with Crippen LogP contribution in [0.4, 0.5) is 5.69 Å². The summed E-state index contributed by atoms with van der Waals surface area (Å²) < 4.78 is 10.7. The van der Waals surface area contributed by atoms with Gasteiger partial charge in [0.15, 0.2) is 12.4 Å². The zero-order chi connectivity index (χ0) is 21.3. The minimum Gasteiger partial charge on any atom is -0.497 e. The third kappa shape index (κ3) is 3.73. The SMILES string of the molecule is COc1cccc(C(=O)COc2ccc(N3C(=O)C4CC=C(C)CC4C3=O)cc2)c1. The van der Waals surface area contributed by atoms with E-state index in [9.17, 15) is 14.4 Å². The van der Waals surface area contributed by atoms with Crippen molar-refractivity contribution in [2.24, 2.45) is 11.8 Å². The highest BCUT2D eigenvalue weighted by molar-refractivity contribution is 6.22. The summed E-state index contributed by atoms with van der Waals surface area (Å²) >= 11 is 0. The van der Waals surface area contributed by atoms with E-state index in [0.29, 0.717) is 35.6 Å². The molecule has 4 rings (SSSR count). The molecule has 0 N–H and O–H groups in total. The summed E-state index contributed by atoms with van der Waals surface area (Å²) in [5.41, 5.74) is 2.19. The number of carbonyl (C=O) groups is 3. The topological polar surface area (TPSA) is 72.9 Å². The van der Waals surface area contributed by atoms with Crippen LogP contribution in [0.2, 0.25) is 0 Å². The van der Waals surface area contributed by atoms with Crippen molar-refractivity contribution in [3.8, 4) is 11.5 Å². The van der Waals surface area contributed by atoms with E-state index in [1.165, 1.54) is 4.90 Å². The fraction of sp³-hybridized carbons (Fsp3) is 0.292. The van der Waals surface area contributed by atoms with Crippen molar-refractivity contribution in [2.75, 3.05) is 18.6 Å². The molecule has 2 amide bonds. The fourth-order valence-corrected chi connectivity index (χ4v) is 4.01. The number of ketones is 1. The molecule has 6 heteroatoms. The lowest BCUT2D eigenvalue weighted by Crippen LogP contribution is -2.30. The molecule has 0 bridgehead atoms. The first-order valence-electron chi connectivity index (χ1n) is 9.91. The van der Waals surface area contributed by atoms with E-state index in [2.05, 4.69) is 0 Å². The van der Waals surface area contributed by atoms with Crippen molar-refractivity contribution < 1.29 is 23.9 Å². The Morgan fingerprint density at radius 2 is 1.77 bits per heavy atom. The Hall–Kier alpha value is -3.41. The van der Waals surface area contributed by atoms with Crippen LogP contribution >= 0.6 is 0 Å². The lowest BCUT2D eigenvalue weighted by molar-refractivity contribution is -0.122. The van der Waals surface area contributed by atoms with E-state index in [-0.39, 0.29) is 36.0 Å². The predicted octanol–water partition coefficient (Wildman–Crippen LogP) is 3.80. The molecule has 2 aliphatic rings. The van der Waals surface area contributed by atoms with Gasteiger partial charge in [0.25, 0.3) is 0 Å². The van der Waals surface area contributed by atoms with Crippen LogP contribution in [0.5, 0.6) is 11.5 Å². The zero-order valence-electron chi connectivity index (χ0n) is 17.0. The molecule has 1 heterocycles. The number of carbonyl (C=O) groups excluding carboxylic acids is 3. The van der Waals surface area contributed by atoms with E-state index in [1.54, 1.807) is 55.6 Å². The molecule has 1 aliphatic carbocycles. The highest BCUT2D eigenvalue weighted by atomic mass is 16.5. The van der Waals surface area contributed by atoms with Crippen molar-refractivity contribution in [3.05, 3.63) is 65.7 Å². The molecule has 1 saturated heterocycles. The van der Waals surface area contributed by atoms with Gasteiger partial charge in [0.2, 0.25) is 11.8 Å². The maximum atomic E-state index is 12.8. The number of hydrogen-bond donors (Lipinski definition) is 0. The summed E-state index contributed by atoms with van der Waals surface area (Å²) in [5, 5.41) is 0. The van der Waals surface area contributed by atoms with Crippen molar-refractivity contribution >= 4 is 23.3 Å². The van der Waals surface area contributed by atoms with Crippen LogP contribution in [0.25, 0.3) is 0 Å². The van der Waals surface area contributed by atoms with E-state index in [0.717, 1.165) is 5.57 Å². The van der Waals surface area contributed by atoms with Crippen LogP contribution in [0.15, 0.2) is 60.2 Å². The molecule has 6 nitrogen and oxygen atoms in total. The number of amides is 2. The molecule has 1 aliphatic heterocycles. The molecule has 0 spiro atoms. The van der Waals surface area contributed by atoms with Gasteiger partial charge < -0.3 is 9.47 Å². The minimum absolute atomic E-state index is 0.122. The predicted molar refractivity (Wildman–Crippen MR) is 112 cm³/mol. The van der Waals surface area contributed by atoms with E-state index in [1.807, 2.05) is 13.0 Å². The van der Waals surface area contributed by atoms with Crippen LogP contribution in [0, 0.1) is 11.8 Å². The highest BCUT2D eigenvalue weighted by Gasteiger charge is 2.48. The molecule has 2 aromatic rings. The van der Waals surface area contributed by atoms with Crippen LogP contribution < -0.4 is 14.4 Å². The van der Waals surface area contributed by atoms with E-state index in [4.69, 9.17) is 9.47 Å². The van der Waals surface area contributed by atoms with Crippen molar-refractivity contribution in [1.29, 1.82) is 0 Å². The van der Waals surface area contributed by atoms with Crippen LogP contribution in [-0.2, 0) is 9.59 Å². The number of benzene rings is 2. The third-order valence-corrected chi connectivity index (χ3v) is 5.68. The summed E-state index contributed by atoms with van der Waals surface area (Å²) in [4.78, 5) is 39.2. The highest BCUT2D eigenvalue weighted by Crippen LogP contribution is 2.39. The molecule has 2 unspecified atom stereocenters. The molecular weight excluding hydrogens is 382 g/mol. The number of hydrogen-bond acceptors (Lipinski definition) is 5. The summed E-state index contributed by atoms with van der Waals surface area (Å²) in [6, 6.07) is 13.6. The van der Waals surface area contributed by atoms with E-state index >= 15 is 0 Å². The van der Waals surface area contributed by atoms with Crippen LogP contribution in [-0.4, -0.2) is 31.3 Å². The van der Waals surface area contributed by atoms with Gasteiger partial charge in [-0.15, -0.1) is 0 Å². The number of rotatable bonds is 6. The number of allylic oxidation sites excluding steroid dienone is 2. The van der Waals surface area contributed by atoms with Crippen LogP contribution in [0.3, 0.4) is 0 Å². The summed E-state index contributed by atoms with van der Waals surface area (Å²) in [6.07, 6.45) is 3.30. The molecule has 2 aromatic carbocycles. The first-order valence-corrected chi connectivity index (χ1v) is 9.91. The van der Waals surface area contributed by atoms with Gasteiger partial charge >= 0.3 is 0 Å². The number of anilines is 1. The first kappa shape index (κ1) is 19.9. The van der Waals surface area contributed by atoms with Crippen molar-refractivity contribution in [1.82, 2.24) is 0 Å². The molecule has 0 radical (unpaired) electrons. The maximum Gasteiger partial charge on any atom is 0.238 e. The number of Topliss-reactive ketones (excluding diaryl/α,β-unsaturated/α-hetero) is 1. The molecule has 2 atom stereocenters. The van der Waals surface area contributed by atoms with Gasteiger partial charge in [0.05, 0.1) is 24.6 Å². The monoisotopic (exact) mass is 405 g/mol. The third-order valence-electron chi connectivity index (χ3n) is 5.68. The average molecular weight is 405 g/mol. The second-order valence-electron chi connectivity index (χ2n) is 7.65. The number of ether oxygens (including phenoxy) is 2. The van der Waals surface area contributed by atoms with Gasteiger partial charge in [-0.1, -0.05) is 23.8 Å². The average Bonchev–Trinajstić information content (AvgIpc) is 3.02. The minimum atomic E-state index is -0.266. The van der Waals surface area contributed by atoms with Gasteiger partial charge in [-0.05, 0) is 56.2 Å². The van der Waals surface area contributed by atoms with Gasteiger partial charge in [-0.3, -0.25) is 19.3 Å². The number of fused-ring (bicyclic) bond motifs is 1. The summed E-state index contributed by atoms with van der Waals surface area (Å²) in [6.45, 7) is 1.87. The maximum absolute atomic E-state index is 12.8. The Morgan fingerprint density at radius 3 is 2.50 bits per heavy atom. The molecule has 0 aromatic heterocycles. The number of methoxy groups -OCH3 is 1. The Bertz CT molecular complexity index is 1020. The van der Waals surface area contributed by atoms with E-state index < -0.39 is 0 Å². The second kappa shape index (κ2) is 8.14. The number of imide groups is 1. The zero-order valence-corrected chi connectivity index (χ0v) is 17.0. The largest absolute Gasteiger partial charge is 0.497 e. The Kier molecular flexibility index (Phi) is 5.40. The smallest absolute Gasteiger partial charge is 0.238 e. The Morgan fingerprint density at radius 1 is 1.03 bits per heavy atom. The Balaban J connectivity index is 1.41. The molecule has 154 valence electrons. The molecule has 30 heavy (non-hydrogen) atoms. The molecule has 0 saturated carbocycles. The standard InChI is InChI=1S/C24H23NO5/c1-15-6-11-20-21(12-15)24(28)25(23(20)27)17-7-9-18(10-8-17)30-14-22(26)16-4-3-5-19(13-16)29-2/h3-10,13,20-21H,11-12,14H2,1-2H3. The first-order chi connectivity index (χ1) is 14.5. The number of nitrogens with zero attached hydrogens (tertiary/aromatic N) is 1. The van der Waals surface area contributed by atoms with Gasteiger partial charge in [-0.2, -0.15) is 0 Å². The van der Waals surface area contributed by atoms with Crippen LogP contribution in [0.1, 0.15) is 30.1 Å². The quantitative estimate of drug-likeness (QED) is 0.415. The molecule has 1 fully saturated rings. The Labute approximate surface area is 175 Å². The fourth-order valence-electron chi connectivity index (χ4n) is 4.01. The normalized spacial score (nSPS) is 20.6. The lowest BCUT2D eigenvalue weighted by atomic mass is 9.82. The summed E-state index contributed by atoms with van der Waals surface area (Å²) in [5.74, 6) is 0.112. The van der Waals surface area contributed by atoms with Gasteiger partial charge in [-0.25, -0.2) is 0 Å². The lowest BCUT2D eigenvalue weighted by Gasteiger charge is -2.18.